The number of methoxy groups -OCH3 is 1. The first-order chi connectivity index (χ1) is 15.7. The van der Waals surface area contributed by atoms with Gasteiger partial charge in [0.2, 0.25) is 11.8 Å². The average molecular weight is 447 g/mol. The molecule has 2 amide bonds. The highest BCUT2D eigenvalue weighted by Gasteiger charge is 2.63. The van der Waals surface area contributed by atoms with Crippen LogP contribution in [0.4, 0.5) is 17.1 Å². The van der Waals surface area contributed by atoms with Gasteiger partial charge in [-0.2, -0.15) is 0 Å². The van der Waals surface area contributed by atoms with Gasteiger partial charge in [-0.3, -0.25) is 24.5 Å². The second kappa shape index (κ2) is 7.26. The van der Waals surface area contributed by atoms with Crippen molar-refractivity contribution in [2.45, 2.75) is 25.9 Å². The highest BCUT2D eigenvalue weighted by atomic mass is 16.6. The summed E-state index contributed by atoms with van der Waals surface area (Å²) in [6.07, 6.45) is 3.72. The lowest BCUT2D eigenvalue weighted by atomic mass is 9.88. The summed E-state index contributed by atoms with van der Waals surface area (Å²) in [7, 11) is 1.57. The van der Waals surface area contributed by atoms with Gasteiger partial charge in [-0.15, -0.1) is 0 Å². The van der Waals surface area contributed by atoms with Crippen LogP contribution in [0.15, 0.2) is 42.5 Å². The van der Waals surface area contributed by atoms with E-state index in [1.54, 1.807) is 20.1 Å². The number of nitrogens with zero attached hydrogens (tertiary/aromatic N) is 3. The minimum absolute atomic E-state index is 0.187. The molecule has 2 aromatic rings. The van der Waals surface area contributed by atoms with Gasteiger partial charge in [0.15, 0.2) is 5.78 Å². The fraction of sp³-hybridized carbons (Fsp3) is 0.292. The number of ether oxygens (including phenoxy) is 1. The number of rotatable bonds is 4. The second-order valence-corrected chi connectivity index (χ2v) is 8.53. The molecule has 0 radical (unpaired) electrons. The Bertz CT molecular complexity index is 1270. The molecule has 3 aliphatic heterocycles. The van der Waals surface area contributed by atoms with E-state index in [1.807, 2.05) is 29.2 Å². The van der Waals surface area contributed by atoms with Crippen molar-refractivity contribution in [1.29, 1.82) is 0 Å². The first-order valence-corrected chi connectivity index (χ1v) is 10.5. The van der Waals surface area contributed by atoms with E-state index in [9.17, 15) is 24.5 Å². The Labute approximate surface area is 189 Å². The number of nitro benzene ring substituents is 1. The van der Waals surface area contributed by atoms with Gasteiger partial charge in [0.1, 0.15) is 11.8 Å². The summed E-state index contributed by atoms with van der Waals surface area (Å²) >= 11 is 0. The lowest BCUT2D eigenvalue weighted by molar-refractivity contribution is -0.384. The highest BCUT2D eigenvalue weighted by Crippen LogP contribution is 2.50. The molecule has 0 bridgehead atoms. The molecule has 0 N–H and O–H groups in total. The molecule has 5 rings (SSSR count). The lowest BCUT2D eigenvalue weighted by Gasteiger charge is -2.36. The topological polar surface area (TPSA) is 110 Å². The fourth-order valence-electron chi connectivity index (χ4n) is 5.33. The summed E-state index contributed by atoms with van der Waals surface area (Å²) in [6.45, 7) is 3.11. The van der Waals surface area contributed by atoms with Gasteiger partial charge in [0.25, 0.3) is 5.69 Å². The Morgan fingerprint density at radius 3 is 2.45 bits per heavy atom. The Hall–Kier alpha value is -4.01. The van der Waals surface area contributed by atoms with Crippen molar-refractivity contribution < 1.29 is 24.0 Å². The number of fused-ring (bicyclic) bond motifs is 5. The van der Waals surface area contributed by atoms with Crippen molar-refractivity contribution >= 4 is 40.7 Å². The van der Waals surface area contributed by atoms with Crippen molar-refractivity contribution in [2.75, 3.05) is 16.9 Å². The molecule has 2 fully saturated rings. The highest BCUT2D eigenvalue weighted by molar-refractivity contribution is 6.25. The van der Waals surface area contributed by atoms with Crippen molar-refractivity contribution in [3.63, 3.8) is 0 Å². The SMILES string of the molecule is COc1ccc2c(c1)C=C[C@@H]1[C@@H]3C(=O)N(c4cc([N+](=O)[O-])ccc4C)C(=O)[C@H]3[C@H](C(C)=O)N21. The van der Waals surface area contributed by atoms with Crippen molar-refractivity contribution in [1.82, 2.24) is 0 Å². The summed E-state index contributed by atoms with van der Waals surface area (Å²) < 4.78 is 5.29. The van der Waals surface area contributed by atoms with Crippen LogP contribution in [0, 0.1) is 28.9 Å². The maximum atomic E-state index is 13.6. The van der Waals surface area contributed by atoms with E-state index in [0.717, 1.165) is 16.2 Å². The van der Waals surface area contributed by atoms with Gasteiger partial charge in [0, 0.05) is 23.4 Å². The molecule has 0 saturated carbocycles. The van der Waals surface area contributed by atoms with Gasteiger partial charge >= 0.3 is 0 Å². The van der Waals surface area contributed by atoms with Crippen LogP contribution in [0.2, 0.25) is 0 Å². The molecule has 9 nitrogen and oxygen atoms in total. The molecule has 2 aromatic carbocycles. The van der Waals surface area contributed by atoms with Gasteiger partial charge < -0.3 is 9.64 Å². The quantitative estimate of drug-likeness (QED) is 0.403. The lowest BCUT2D eigenvalue weighted by Crippen LogP contribution is -2.48. The van der Waals surface area contributed by atoms with Crippen LogP contribution in [0.25, 0.3) is 6.08 Å². The molecular formula is C24H21N3O6. The Kier molecular flexibility index (Phi) is 4.59. The molecule has 3 heterocycles. The summed E-state index contributed by atoms with van der Waals surface area (Å²) in [5, 5.41) is 11.3. The normalized spacial score (nSPS) is 25.1. The van der Waals surface area contributed by atoms with E-state index in [2.05, 4.69) is 0 Å². The fourth-order valence-corrected chi connectivity index (χ4v) is 5.33. The van der Waals surface area contributed by atoms with E-state index in [-0.39, 0.29) is 17.2 Å². The number of anilines is 2. The van der Waals surface area contributed by atoms with Gasteiger partial charge in [-0.1, -0.05) is 18.2 Å². The van der Waals surface area contributed by atoms with E-state index in [4.69, 9.17) is 4.74 Å². The molecule has 0 aliphatic carbocycles. The monoisotopic (exact) mass is 447 g/mol. The number of hydrogen-bond donors (Lipinski definition) is 0. The molecule has 0 unspecified atom stereocenters. The maximum Gasteiger partial charge on any atom is 0.271 e. The predicted octanol–water partition coefficient (Wildman–Crippen LogP) is 2.89. The number of Topliss-reactive ketones (excluding diaryl/α,β-unsaturated/α-hetero) is 1. The Morgan fingerprint density at radius 1 is 1.06 bits per heavy atom. The van der Waals surface area contributed by atoms with E-state index < -0.39 is 40.7 Å². The minimum Gasteiger partial charge on any atom is -0.497 e. The van der Waals surface area contributed by atoms with E-state index in [1.165, 1.54) is 25.1 Å². The molecule has 168 valence electrons. The summed E-state index contributed by atoms with van der Waals surface area (Å²) in [5.41, 5.74) is 2.14. The molecule has 2 saturated heterocycles. The summed E-state index contributed by atoms with van der Waals surface area (Å²) in [4.78, 5) is 53.6. The number of amides is 2. The molecule has 3 aliphatic rings. The number of ketones is 1. The first-order valence-electron chi connectivity index (χ1n) is 10.5. The molecule has 4 atom stereocenters. The number of non-ortho nitro benzene ring substituents is 1. The molecule has 0 aromatic heterocycles. The average Bonchev–Trinajstić information content (AvgIpc) is 3.26. The van der Waals surface area contributed by atoms with Crippen LogP contribution >= 0.6 is 0 Å². The zero-order valence-corrected chi connectivity index (χ0v) is 18.2. The number of carbonyl (C=O) groups excluding carboxylic acids is 3. The standard InChI is InChI=1S/C24H21N3O6/c1-12-4-6-15(27(31)32)11-19(12)26-23(29)20-18-8-5-14-10-16(33-3)7-9-17(14)25(18)22(13(2)28)21(20)24(26)30/h4-11,18,20-22H,1-3H3/t18-,20+,21-,22+/m1/s1. The predicted molar refractivity (Wildman–Crippen MR) is 120 cm³/mol. The van der Waals surface area contributed by atoms with Crippen LogP contribution in [0.5, 0.6) is 5.75 Å². The van der Waals surface area contributed by atoms with E-state index >= 15 is 0 Å². The number of imide groups is 1. The number of nitro groups is 1. The third-order valence-electron chi connectivity index (χ3n) is 6.77. The third kappa shape index (κ3) is 2.88. The van der Waals surface area contributed by atoms with Crippen LogP contribution in [0.1, 0.15) is 18.1 Å². The van der Waals surface area contributed by atoms with Crippen molar-refractivity contribution in [3.05, 3.63) is 63.7 Å². The maximum absolute atomic E-state index is 13.6. The Balaban J connectivity index is 1.61. The Morgan fingerprint density at radius 2 is 1.79 bits per heavy atom. The molecule has 9 heteroatoms. The zero-order valence-electron chi connectivity index (χ0n) is 18.2. The van der Waals surface area contributed by atoms with Crippen LogP contribution in [-0.2, 0) is 14.4 Å². The number of aryl methyl sites for hydroxylation is 1. The van der Waals surface area contributed by atoms with Crippen LogP contribution < -0.4 is 14.5 Å². The van der Waals surface area contributed by atoms with Gasteiger partial charge in [-0.25, -0.2) is 4.90 Å². The van der Waals surface area contributed by atoms with Gasteiger partial charge in [0.05, 0.1) is 35.6 Å². The van der Waals surface area contributed by atoms with Crippen molar-refractivity contribution in [3.8, 4) is 5.75 Å². The number of benzene rings is 2. The number of hydrogen-bond acceptors (Lipinski definition) is 7. The third-order valence-corrected chi connectivity index (χ3v) is 6.77. The molecule has 0 spiro atoms. The summed E-state index contributed by atoms with van der Waals surface area (Å²) in [5.74, 6) is -2.16. The molecule has 33 heavy (non-hydrogen) atoms. The van der Waals surface area contributed by atoms with Crippen molar-refractivity contribution in [2.24, 2.45) is 11.8 Å². The van der Waals surface area contributed by atoms with Crippen LogP contribution in [0.3, 0.4) is 0 Å². The second-order valence-electron chi connectivity index (χ2n) is 8.53. The number of carbonyl (C=O) groups is 3. The van der Waals surface area contributed by atoms with Crippen LogP contribution in [-0.4, -0.2) is 41.7 Å². The molecular weight excluding hydrogens is 426 g/mol. The largest absolute Gasteiger partial charge is 0.497 e. The first kappa shape index (κ1) is 20.9. The smallest absolute Gasteiger partial charge is 0.271 e. The van der Waals surface area contributed by atoms with Gasteiger partial charge in [-0.05, 0) is 37.6 Å². The zero-order chi connectivity index (χ0) is 23.6. The minimum atomic E-state index is -0.878. The summed E-state index contributed by atoms with van der Waals surface area (Å²) in [6, 6.07) is 8.24. The van der Waals surface area contributed by atoms with E-state index in [0.29, 0.717) is 11.3 Å².